The Labute approximate surface area is 130 Å². The van der Waals surface area contributed by atoms with Crippen molar-refractivity contribution >= 4 is 6.09 Å². The zero-order valence-electron chi connectivity index (χ0n) is 13.1. The van der Waals surface area contributed by atoms with Crippen LogP contribution in [0.1, 0.15) is 44.5 Å². The SMILES string of the molecule is CC(C)(C)OC(=O)NC1(c2ncc[nH]2)CC1c1ccccc1. The van der Waals surface area contributed by atoms with E-state index in [9.17, 15) is 4.79 Å². The summed E-state index contributed by atoms with van der Waals surface area (Å²) in [5.74, 6) is 0.972. The van der Waals surface area contributed by atoms with Crippen molar-refractivity contribution in [3.8, 4) is 0 Å². The van der Waals surface area contributed by atoms with Gasteiger partial charge in [0.15, 0.2) is 0 Å². The highest BCUT2D eigenvalue weighted by atomic mass is 16.6. The van der Waals surface area contributed by atoms with Crippen molar-refractivity contribution in [1.29, 1.82) is 0 Å². The summed E-state index contributed by atoms with van der Waals surface area (Å²) >= 11 is 0. The second kappa shape index (κ2) is 5.16. The van der Waals surface area contributed by atoms with E-state index >= 15 is 0 Å². The summed E-state index contributed by atoms with van der Waals surface area (Å²) in [4.78, 5) is 19.7. The van der Waals surface area contributed by atoms with Gasteiger partial charge in [0.1, 0.15) is 17.0 Å². The van der Waals surface area contributed by atoms with Crippen LogP contribution in [-0.2, 0) is 10.3 Å². The predicted octanol–water partition coefficient (Wildman–Crippen LogP) is 3.32. The molecule has 2 unspecified atom stereocenters. The number of aromatic amines is 1. The van der Waals surface area contributed by atoms with Gasteiger partial charge in [0.2, 0.25) is 0 Å². The molecule has 116 valence electrons. The maximum Gasteiger partial charge on any atom is 0.408 e. The van der Waals surface area contributed by atoms with Crippen LogP contribution in [0.4, 0.5) is 4.79 Å². The molecular formula is C17H21N3O2. The van der Waals surface area contributed by atoms with Crippen LogP contribution in [0.15, 0.2) is 42.7 Å². The number of nitrogens with one attached hydrogen (secondary N) is 2. The molecule has 1 aliphatic rings. The predicted molar refractivity (Wildman–Crippen MR) is 83.4 cm³/mol. The summed E-state index contributed by atoms with van der Waals surface area (Å²) in [7, 11) is 0. The molecule has 22 heavy (non-hydrogen) atoms. The number of amides is 1. The van der Waals surface area contributed by atoms with E-state index in [1.165, 1.54) is 5.56 Å². The van der Waals surface area contributed by atoms with Gasteiger partial charge >= 0.3 is 6.09 Å². The first-order valence-corrected chi connectivity index (χ1v) is 7.47. The molecule has 5 heteroatoms. The third kappa shape index (κ3) is 2.84. The van der Waals surface area contributed by atoms with Gasteiger partial charge in [-0.1, -0.05) is 30.3 Å². The fraction of sp³-hybridized carbons (Fsp3) is 0.412. The Morgan fingerprint density at radius 3 is 2.68 bits per heavy atom. The summed E-state index contributed by atoms with van der Waals surface area (Å²) in [5.41, 5.74) is 0.161. The van der Waals surface area contributed by atoms with Crippen LogP contribution in [0, 0.1) is 0 Å². The first-order valence-electron chi connectivity index (χ1n) is 7.47. The highest BCUT2D eigenvalue weighted by molar-refractivity contribution is 5.70. The Hall–Kier alpha value is -2.30. The Morgan fingerprint density at radius 1 is 1.36 bits per heavy atom. The average Bonchev–Trinajstić information content (AvgIpc) is 2.91. The Bertz CT molecular complexity index is 646. The average molecular weight is 299 g/mol. The molecule has 0 saturated heterocycles. The van der Waals surface area contributed by atoms with Gasteiger partial charge in [0.25, 0.3) is 0 Å². The molecule has 1 aromatic carbocycles. The number of rotatable bonds is 3. The van der Waals surface area contributed by atoms with Crippen molar-refractivity contribution in [2.75, 3.05) is 0 Å². The molecule has 0 radical (unpaired) electrons. The zero-order valence-corrected chi connectivity index (χ0v) is 13.1. The number of aromatic nitrogens is 2. The molecule has 2 N–H and O–H groups in total. The van der Waals surface area contributed by atoms with E-state index in [0.717, 1.165) is 12.2 Å². The maximum atomic E-state index is 12.2. The third-order valence-electron chi connectivity index (χ3n) is 3.81. The van der Waals surface area contributed by atoms with Crippen molar-refractivity contribution in [1.82, 2.24) is 15.3 Å². The summed E-state index contributed by atoms with van der Waals surface area (Å²) in [6.45, 7) is 5.56. The van der Waals surface area contributed by atoms with Crippen LogP contribution >= 0.6 is 0 Å². The van der Waals surface area contributed by atoms with Crippen molar-refractivity contribution in [3.63, 3.8) is 0 Å². The maximum absolute atomic E-state index is 12.2. The van der Waals surface area contributed by atoms with Crippen LogP contribution < -0.4 is 5.32 Å². The second-order valence-corrected chi connectivity index (χ2v) is 6.70. The normalized spacial score (nSPS) is 23.9. The van der Waals surface area contributed by atoms with Gasteiger partial charge in [-0.25, -0.2) is 9.78 Å². The van der Waals surface area contributed by atoms with Crippen molar-refractivity contribution in [2.45, 2.75) is 44.2 Å². The molecule has 1 amide bonds. The lowest BCUT2D eigenvalue weighted by atomic mass is 10.1. The monoisotopic (exact) mass is 299 g/mol. The molecule has 0 aliphatic heterocycles. The minimum Gasteiger partial charge on any atom is -0.444 e. The van der Waals surface area contributed by atoms with Crippen LogP contribution in [0.5, 0.6) is 0 Å². The number of carbonyl (C=O) groups excluding carboxylic acids is 1. The van der Waals surface area contributed by atoms with Crippen molar-refractivity contribution in [3.05, 3.63) is 54.1 Å². The Kier molecular flexibility index (Phi) is 3.43. The molecule has 5 nitrogen and oxygen atoms in total. The highest BCUT2D eigenvalue weighted by Gasteiger charge is 2.59. The lowest BCUT2D eigenvalue weighted by Crippen LogP contribution is -2.40. The van der Waals surface area contributed by atoms with Gasteiger partial charge in [0.05, 0.1) is 0 Å². The molecule has 1 heterocycles. The number of carbonyl (C=O) groups is 1. The van der Waals surface area contributed by atoms with Gasteiger partial charge in [0, 0.05) is 18.3 Å². The number of hydrogen-bond acceptors (Lipinski definition) is 3. The molecule has 3 rings (SSSR count). The Balaban J connectivity index is 1.83. The number of ether oxygens (including phenoxy) is 1. The van der Waals surface area contributed by atoms with Gasteiger partial charge in [-0.2, -0.15) is 0 Å². The van der Waals surface area contributed by atoms with Crippen molar-refractivity contribution < 1.29 is 9.53 Å². The van der Waals surface area contributed by atoms with Gasteiger partial charge < -0.3 is 15.0 Å². The Morgan fingerprint density at radius 2 is 2.09 bits per heavy atom. The standard InChI is InChI=1S/C17H21N3O2/c1-16(2,3)22-15(21)20-17(14-18-9-10-19-14)11-13(17)12-7-5-4-6-8-12/h4-10,13H,11H2,1-3H3,(H,18,19)(H,20,21). The fourth-order valence-electron chi connectivity index (χ4n) is 2.80. The first kappa shape index (κ1) is 14.6. The molecule has 1 aromatic heterocycles. The molecule has 0 spiro atoms. The molecule has 2 aromatic rings. The van der Waals surface area contributed by atoms with E-state index in [1.807, 2.05) is 39.0 Å². The number of H-pyrrole nitrogens is 1. The van der Waals surface area contributed by atoms with Crippen LogP contribution in [-0.4, -0.2) is 21.7 Å². The van der Waals surface area contributed by atoms with E-state index in [2.05, 4.69) is 27.4 Å². The molecule has 1 aliphatic carbocycles. The van der Waals surface area contributed by atoms with E-state index < -0.39 is 17.2 Å². The van der Waals surface area contributed by atoms with E-state index in [1.54, 1.807) is 12.4 Å². The molecule has 1 saturated carbocycles. The van der Waals surface area contributed by atoms with Gasteiger partial charge in [-0.05, 0) is 32.8 Å². The van der Waals surface area contributed by atoms with E-state index in [-0.39, 0.29) is 5.92 Å². The summed E-state index contributed by atoms with van der Waals surface area (Å²) < 4.78 is 5.40. The third-order valence-corrected chi connectivity index (χ3v) is 3.81. The largest absolute Gasteiger partial charge is 0.444 e. The molecule has 2 atom stereocenters. The number of nitrogens with zero attached hydrogens (tertiary/aromatic N) is 1. The molecule has 1 fully saturated rings. The second-order valence-electron chi connectivity index (χ2n) is 6.70. The minimum absolute atomic E-state index is 0.201. The van der Waals surface area contributed by atoms with E-state index in [0.29, 0.717) is 0 Å². The van der Waals surface area contributed by atoms with Gasteiger partial charge in [-0.15, -0.1) is 0 Å². The molecular weight excluding hydrogens is 278 g/mol. The lowest BCUT2D eigenvalue weighted by Gasteiger charge is -2.23. The quantitative estimate of drug-likeness (QED) is 0.913. The zero-order chi connectivity index (χ0) is 15.8. The lowest BCUT2D eigenvalue weighted by molar-refractivity contribution is 0.0490. The smallest absolute Gasteiger partial charge is 0.408 e. The number of alkyl carbamates (subject to hydrolysis) is 1. The topological polar surface area (TPSA) is 67.0 Å². The summed E-state index contributed by atoms with van der Waals surface area (Å²) in [6, 6.07) is 10.2. The van der Waals surface area contributed by atoms with Crippen molar-refractivity contribution in [2.24, 2.45) is 0 Å². The van der Waals surface area contributed by atoms with E-state index in [4.69, 9.17) is 4.74 Å². The number of imidazole rings is 1. The number of hydrogen-bond donors (Lipinski definition) is 2. The van der Waals surface area contributed by atoms with Crippen LogP contribution in [0.2, 0.25) is 0 Å². The van der Waals surface area contributed by atoms with Crippen LogP contribution in [0.25, 0.3) is 0 Å². The number of benzene rings is 1. The van der Waals surface area contributed by atoms with Crippen LogP contribution in [0.3, 0.4) is 0 Å². The summed E-state index contributed by atoms with van der Waals surface area (Å²) in [5, 5.41) is 3.02. The molecule has 0 bridgehead atoms. The summed E-state index contributed by atoms with van der Waals surface area (Å²) in [6.07, 6.45) is 3.87. The fourth-order valence-corrected chi connectivity index (χ4v) is 2.80. The minimum atomic E-state index is -0.522. The highest BCUT2D eigenvalue weighted by Crippen LogP contribution is 2.57. The first-order chi connectivity index (χ1) is 10.4. The van der Waals surface area contributed by atoms with Gasteiger partial charge in [-0.3, -0.25) is 0 Å².